The summed E-state index contributed by atoms with van der Waals surface area (Å²) in [4.78, 5) is 6.69. The molecule has 8 heteroatoms. The number of morpholine rings is 1. The van der Waals surface area contributed by atoms with E-state index in [9.17, 15) is 0 Å². The van der Waals surface area contributed by atoms with Gasteiger partial charge in [-0.2, -0.15) is 0 Å². The Morgan fingerprint density at radius 1 is 0.968 bits per heavy atom. The molecular weight excluding hydrogens is 507 g/mol. The van der Waals surface area contributed by atoms with Crippen molar-refractivity contribution in [2.24, 2.45) is 4.99 Å². The second kappa shape index (κ2) is 14.1. The number of para-hydroxylation sites is 2. The Hall–Kier alpha value is -2.04. The molecule has 2 aromatic rings. The fourth-order valence-corrected chi connectivity index (χ4v) is 3.33. The lowest BCUT2D eigenvalue weighted by molar-refractivity contribution is 0.0322. The number of ether oxygens (including phenoxy) is 3. The van der Waals surface area contributed by atoms with E-state index in [1.165, 1.54) is 0 Å². The summed E-state index contributed by atoms with van der Waals surface area (Å²) in [5.74, 6) is 2.49. The van der Waals surface area contributed by atoms with Crippen LogP contribution in [0.15, 0.2) is 53.5 Å². The first-order valence-corrected chi connectivity index (χ1v) is 10.4. The Morgan fingerprint density at radius 3 is 2.16 bits per heavy atom. The fourth-order valence-electron chi connectivity index (χ4n) is 3.33. The molecule has 0 aliphatic carbocycles. The lowest BCUT2D eigenvalue weighted by atomic mass is 10.2. The van der Waals surface area contributed by atoms with Crippen molar-refractivity contribution in [2.45, 2.75) is 13.1 Å². The van der Waals surface area contributed by atoms with E-state index in [0.717, 1.165) is 61.4 Å². The molecule has 2 N–H and O–H groups in total. The molecule has 0 bridgehead atoms. The number of nitrogens with one attached hydrogen (secondary N) is 2. The van der Waals surface area contributed by atoms with Gasteiger partial charge in [0.2, 0.25) is 0 Å². The lowest BCUT2D eigenvalue weighted by Gasteiger charge is -2.26. The number of hydrogen-bond acceptors (Lipinski definition) is 5. The van der Waals surface area contributed by atoms with E-state index < -0.39 is 0 Å². The van der Waals surface area contributed by atoms with Crippen LogP contribution in [0.25, 0.3) is 0 Å². The summed E-state index contributed by atoms with van der Waals surface area (Å²) >= 11 is 0. The van der Waals surface area contributed by atoms with Crippen LogP contribution in [0.5, 0.6) is 11.5 Å². The standard InChI is InChI=1S/C23H32N4O3.HI/c1-24-23(25-17-19-7-3-5-9-21(19)28-2)26-18-20-8-4-6-10-22(20)30-16-13-27-11-14-29-15-12-27;/h3-10H,11-18H2,1-2H3,(H2,24,25,26);1H. The van der Waals surface area contributed by atoms with Gasteiger partial charge >= 0.3 is 0 Å². The third-order valence-corrected chi connectivity index (χ3v) is 5.05. The molecule has 1 aliphatic heterocycles. The Balaban J connectivity index is 0.00000341. The zero-order chi connectivity index (χ0) is 21.0. The summed E-state index contributed by atoms with van der Waals surface area (Å²) < 4.78 is 16.9. The van der Waals surface area contributed by atoms with Gasteiger partial charge in [-0.3, -0.25) is 9.89 Å². The van der Waals surface area contributed by atoms with E-state index in [4.69, 9.17) is 14.2 Å². The van der Waals surface area contributed by atoms with Gasteiger partial charge in [0.25, 0.3) is 0 Å². The quantitative estimate of drug-likeness (QED) is 0.290. The molecule has 31 heavy (non-hydrogen) atoms. The van der Waals surface area contributed by atoms with Gasteiger partial charge in [-0.15, -0.1) is 24.0 Å². The highest BCUT2D eigenvalue weighted by Gasteiger charge is 2.11. The molecule has 0 amide bonds. The number of aliphatic imine (C=N–C) groups is 1. The highest BCUT2D eigenvalue weighted by Crippen LogP contribution is 2.18. The number of nitrogens with zero attached hydrogens (tertiary/aromatic N) is 2. The van der Waals surface area contributed by atoms with E-state index in [2.05, 4.69) is 26.6 Å². The Kier molecular flexibility index (Phi) is 11.5. The van der Waals surface area contributed by atoms with Gasteiger partial charge < -0.3 is 24.8 Å². The maximum absolute atomic E-state index is 6.07. The van der Waals surface area contributed by atoms with E-state index in [1.54, 1.807) is 14.2 Å². The summed E-state index contributed by atoms with van der Waals surface area (Å²) in [6, 6.07) is 16.1. The molecule has 3 rings (SSSR count). The minimum atomic E-state index is 0. The molecule has 2 aromatic carbocycles. The highest BCUT2D eigenvalue weighted by molar-refractivity contribution is 14.0. The minimum absolute atomic E-state index is 0. The fraction of sp³-hybridized carbons (Fsp3) is 0.435. The van der Waals surface area contributed by atoms with Crippen LogP contribution < -0.4 is 20.1 Å². The number of methoxy groups -OCH3 is 1. The van der Waals surface area contributed by atoms with Crippen LogP contribution in [0.3, 0.4) is 0 Å². The van der Waals surface area contributed by atoms with Crippen LogP contribution >= 0.6 is 24.0 Å². The molecule has 1 saturated heterocycles. The maximum atomic E-state index is 6.07. The van der Waals surface area contributed by atoms with Gasteiger partial charge in [-0.05, 0) is 12.1 Å². The Morgan fingerprint density at radius 2 is 1.55 bits per heavy atom. The normalized spacial score (nSPS) is 14.5. The third kappa shape index (κ3) is 8.19. The monoisotopic (exact) mass is 540 g/mol. The predicted molar refractivity (Wildman–Crippen MR) is 135 cm³/mol. The average molecular weight is 540 g/mol. The number of benzene rings is 2. The van der Waals surface area contributed by atoms with E-state index in [0.29, 0.717) is 19.7 Å². The summed E-state index contributed by atoms with van der Waals surface area (Å²) in [7, 11) is 3.45. The first-order chi connectivity index (χ1) is 14.8. The zero-order valence-corrected chi connectivity index (χ0v) is 20.6. The Bertz CT molecular complexity index is 813. The van der Waals surface area contributed by atoms with E-state index in [-0.39, 0.29) is 24.0 Å². The Labute approximate surface area is 202 Å². The van der Waals surface area contributed by atoms with Crippen LogP contribution in [0.4, 0.5) is 0 Å². The lowest BCUT2D eigenvalue weighted by Crippen LogP contribution is -2.38. The molecule has 170 valence electrons. The van der Waals surface area contributed by atoms with Crippen molar-refractivity contribution in [3.63, 3.8) is 0 Å². The van der Waals surface area contributed by atoms with Crippen LogP contribution in [-0.4, -0.2) is 64.5 Å². The molecule has 0 atom stereocenters. The van der Waals surface area contributed by atoms with Crippen molar-refractivity contribution in [2.75, 3.05) is 53.6 Å². The highest BCUT2D eigenvalue weighted by atomic mass is 127. The first kappa shape index (κ1) is 25.2. The van der Waals surface area contributed by atoms with Gasteiger partial charge in [0.1, 0.15) is 18.1 Å². The van der Waals surface area contributed by atoms with E-state index in [1.807, 2.05) is 42.5 Å². The van der Waals surface area contributed by atoms with Crippen LogP contribution in [0, 0.1) is 0 Å². The molecule has 0 aromatic heterocycles. The molecular formula is C23H33IN4O3. The van der Waals surface area contributed by atoms with Crippen molar-refractivity contribution < 1.29 is 14.2 Å². The largest absolute Gasteiger partial charge is 0.496 e. The summed E-state index contributed by atoms with van der Waals surface area (Å²) in [5, 5.41) is 6.70. The van der Waals surface area contributed by atoms with Crippen molar-refractivity contribution in [3.05, 3.63) is 59.7 Å². The second-order valence-electron chi connectivity index (χ2n) is 7.00. The van der Waals surface area contributed by atoms with Crippen LogP contribution in [0.2, 0.25) is 0 Å². The van der Waals surface area contributed by atoms with Gasteiger partial charge in [0.05, 0.1) is 20.3 Å². The molecule has 1 heterocycles. The average Bonchev–Trinajstić information content (AvgIpc) is 2.81. The van der Waals surface area contributed by atoms with Gasteiger partial charge in [-0.1, -0.05) is 36.4 Å². The number of hydrogen-bond donors (Lipinski definition) is 2. The molecule has 0 spiro atoms. The number of rotatable bonds is 9. The summed E-state index contributed by atoms with van der Waals surface area (Å²) in [6.45, 7) is 6.39. The zero-order valence-electron chi connectivity index (χ0n) is 18.3. The van der Waals surface area contributed by atoms with E-state index >= 15 is 0 Å². The molecule has 0 saturated carbocycles. The van der Waals surface area contributed by atoms with Crippen LogP contribution in [-0.2, 0) is 17.8 Å². The van der Waals surface area contributed by atoms with Crippen molar-refractivity contribution in [3.8, 4) is 11.5 Å². The number of halogens is 1. The van der Waals surface area contributed by atoms with Crippen LogP contribution in [0.1, 0.15) is 11.1 Å². The second-order valence-corrected chi connectivity index (χ2v) is 7.00. The third-order valence-electron chi connectivity index (χ3n) is 5.05. The smallest absolute Gasteiger partial charge is 0.191 e. The van der Waals surface area contributed by atoms with Crippen molar-refractivity contribution >= 4 is 29.9 Å². The topological polar surface area (TPSA) is 67.4 Å². The summed E-state index contributed by atoms with van der Waals surface area (Å²) in [5.41, 5.74) is 2.18. The van der Waals surface area contributed by atoms with Crippen molar-refractivity contribution in [1.29, 1.82) is 0 Å². The SMILES string of the molecule is CN=C(NCc1ccccc1OC)NCc1ccccc1OCCN1CCOCC1.I. The predicted octanol–water partition coefficient (Wildman–Crippen LogP) is 2.89. The van der Waals surface area contributed by atoms with Gasteiger partial charge in [-0.25, -0.2) is 0 Å². The maximum Gasteiger partial charge on any atom is 0.191 e. The molecule has 1 aliphatic rings. The van der Waals surface area contributed by atoms with Crippen molar-refractivity contribution in [1.82, 2.24) is 15.5 Å². The molecule has 0 unspecified atom stereocenters. The summed E-state index contributed by atoms with van der Waals surface area (Å²) in [6.07, 6.45) is 0. The van der Waals surface area contributed by atoms with Gasteiger partial charge in [0, 0.05) is 50.9 Å². The molecule has 1 fully saturated rings. The molecule has 7 nitrogen and oxygen atoms in total. The minimum Gasteiger partial charge on any atom is -0.496 e. The molecule has 0 radical (unpaired) electrons. The number of guanidine groups is 1. The van der Waals surface area contributed by atoms with Gasteiger partial charge in [0.15, 0.2) is 5.96 Å². The first-order valence-electron chi connectivity index (χ1n) is 10.4.